The molecule has 0 unspecified atom stereocenters. The molecule has 4 aromatic rings. The zero-order valence-corrected chi connectivity index (χ0v) is 32.1. The van der Waals surface area contributed by atoms with Gasteiger partial charge < -0.3 is 9.47 Å². The average Bonchev–Trinajstić information content (AvgIpc) is 3.14. The molecule has 6 rings (SSSR count). The number of benzene rings is 2. The van der Waals surface area contributed by atoms with Crippen LogP contribution in [-0.2, 0) is 31.1 Å². The summed E-state index contributed by atoms with van der Waals surface area (Å²) in [4.78, 5) is 52.5. The first-order valence-electron chi connectivity index (χ1n) is 17.7. The summed E-state index contributed by atoms with van der Waals surface area (Å²) in [6, 6.07) is 12.4. The Morgan fingerprint density at radius 3 is 1.27 bits per heavy atom. The Labute approximate surface area is 307 Å². The van der Waals surface area contributed by atoms with Gasteiger partial charge in [0.05, 0.1) is 25.3 Å². The predicted molar refractivity (Wildman–Crippen MR) is 202 cm³/mol. The summed E-state index contributed by atoms with van der Waals surface area (Å²) >= 11 is 0. The van der Waals surface area contributed by atoms with Crippen molar-refractivity contribution in [3.05, 3.63) is 124 Å². The molecular weight excluding hydrogens is 652 g/mol. The quantitative estimate of drug-likeness (QED) is 0.144. The number of methoxy groups -OCH3 is 2. The van der Waals surface area contributed by atoms with E-state index in [0.717, 1.165) is 30.4 Å². The van der Waals surface area contributed by atoms with Crippen LogP contribution in [0.4, 0.5) is 0 Å². The monoisotopic (exact) mass is 702 g/mol. The zero-order chi connectivity index (χ0) is 38.2. The fourth-order valence-electron chi connectivity index (χ4n) is 7.14. The summed E-state index contributed by atoms with van der Waals surface area (Å²) in [5.74, 6) is -0.624. The van der Waals surface area contributed by atoms with Crippen molar-refractivity contribution < 1.29 is 23.9 Å². The third kappa shape index (κ3) is 7.59. The summed E-state index contributed by atoms with van der Waals surface area (Å²) in [7, 11) is 2.63. The molecule has 0 aliphatic heterocycles. The van der Waals surface area contributed by atoms with Gasteiger partial charge >= 0.3 is 11.9 Å². The summed E-state index contributed by atoms with van der Waals surface area (Å²) in [5.41, 5.74) is 8.63. The van der Waals surface area contributed by atoms with Gasteiger partial charge in [0, 0.05) is 35.9 Å². The van der Waals surface area contributed by atoms with Crippen LogP contribution in [0.3, 0.4) is 0 Å². The number of esters is 2. The number of fused-ring (bicyclic) bond motifs is 2. The van der Waals surface area contributed by atoms with Crippen molar-refractivity contribution in [2.75, 3.05) is 14.2 Å². The van der Waals surface area contributed by atoms with Crippen molar-refractivity contribution in [1.29, 1.82) is 0 Å². The number of aromatic nitrogens is 4. The van der Waals surface area contributed by atoms with Gasteiger partial charge in [-0.05, 0) is 81.2 Å². The summed E-state index contributed by atoms with van der Waals surface area (Å²) in [5, 5.41) is 0. The van der Waals surface area contributed by atoms with Gasteiger partial charge in [0.2, 0.25) is 11.6 Å². The van der Waals surface area contributed by atoms with Gasteiger partial charge in [-0.15, -0.1) is 0 Å². The molecule has 2 heterocycles. The van der Waals surface area contributed by atoms with Crippen molar-refractivity contribution in [2.45, 2.75) is 103 Å². The fraction of sp³-hybridized carbons (Fsp3) is 0.419. The molecule has 9 nitrogen and oxygen atoms in total. The molecule has 9 heteroatoms. The van der Waals surface area contributed by atoms with Crippen molar-refractivity contribution in [2.24, 2.45) is 0 Å². The van der Waals surface area contributed by atoms with E-state index in [0.29, 0.717) is 17.0 Å². The highest BCUT2D eigenvalue weighted by Gasteiger charge is 2.38. The maximum Gasteiger partial charge on any atom is 0.341 e. The summed E-state index contributed by atoms with van der Waals surface area (Å²) < 4.78 is 9.31. The lowest BCUT2D eigenvalue weighted by atomic mass is 9.63. The van der Waals surface area contributed by atoms with Crippen LogP contribution in [0.25, 0.3) is 5.57 Å². The number of carbonyl (C=O) groups is 3. The highest BCUT2D eigenvalue weighted by Crippen LogP contribution is 2.47. The Morgan fingerprint density at radius 2 is 0.865 bits per heavy atom. The Hall–Kier alpha value is -5.05. The molecule has 2 aliphatic carbocycles. The Morgan fingerprint density at radius 1 is 0.519 bits per heavy atom. The molecule has 0 saturated heterocycles. The normalized spacial score (nSPS) is 17.3. The third-order valence-electron chi connectivity index (χ3n) is 10.9. The maximum atomic E-state index is 12.8. The Kier molecular flexibility index (Phi) is 10.4. The van der Waals surface area contributed by atoms with Crippen LogP contribution in [0.1, 0.15) is 152 Å². The molecule has 2 aliphatic rings. The van der Waals surface area contributed by atoms with Crippen molar-refractivity contribution in [3.8, 4) is 0 Å². The topological polar surface area (TPSA) is 121 Å². The molecule has 0 amide bonds. The summed E-state index contributed by atoms with van der Waals surface area (Å²) in [6.45, 7) is 22.3. The number of nitrogens with zero attached hydrogens (tertiary/aromatic N) is 4. The molecule has 0 bridgehead atoms. The minimum atomic E-state index is -0.526. The van der Waals surface area contributed by atoms with Gasteiger partial charge in [0.1, 0.15) is 0 Å². The van der Waals surface area contributed by atoms with Crippen LogP contribution in [0, 0.1) is 0 Å². The van der Waals surface area contributed by atoms with E-state index in [1.165, 1.54) is 67.7 Å². The number of hydrogen-bond acceptors (Lipinski definition) is 9. The second-order valence-electron chi connectivity index (χ2n) is 16.4. The van der Waals surface area contributed by atoms with Crippen LogP contribution in [0.2, 0.25) is 0 Å². The van der Waals surface area contributed by atoms with Gasteiger partial charge in [-0.2, -0.15) is 0 Å². The largest absolute Gasteiger partial charge is 0.465 e. The smallest absolute Gasteiger partial charge is 0.341 e. The molecule has 0 atom stereocenters. The average molecular weight is 703 g/mol. The van der Waals surface area contributed by atoms with Crippen LogP contribution in [-0.4, -0.2) is 51.9 Å². The van der Waals surface area contributed by atoms with Crippen LogP contribution in [0.15, 0.2) is 67.8 Å². The molecule has 2 aromatic heterocycles. The number of rotatable bonds is 6. The number of hydrogen-bond donors (Lipinski definition) is 0. The lowest BCUT2D eigenvalue weighted by Crippen LogP contribution is -2.34. The molecule has 272 valence electrons. The zero-order valence-electron chi connectivity index (χ0n) is 32.1. The van der Waals surface area contributed by atoms with Gasteiger partial charge in [0.25, 0.3) is 0 Å². The Balaban J connectivity index is 0.000000201. The molecule has 0 spiro atoms. The van der Waals surface area contributed by atoms with Gasteiger partial charge in [-0.1, -0.05) is 92.3 Å². The first-order chi connectivity index (χ1) is 24.3. The molecule has 0 N–H and O–H groups in total. The van der Waals surface area contributed by atoms with E-state index in [-0.39, 0.29) is 38.8 Å². The molecule has 52 heavy (non-hydrogen) atoms. The lowest BCUT2D eigenvalue weighted by Gasteiger charge is -2.42. The van der Waals surface area contributed by atoms with E-state index < -0.39 is 11.9 Å². The fourth-order valence-corrected chi connectivity index (χ4v) is 7.14. The van der Waals surface area contributed by atoms with Crippen molar-refractivity contribution in [3.63, 3.8) is 0 Å². The van der Waals surface area contributed by atoms with E-state index >= 15 is 0 Å². The van der Waals surface area contributed by atoms with Crippen LogP contribution in [0.5, 0.6) is 0 Å². The maximum absolute atomic E-state index is 12.8. The lowest BCUT2D eigenvalue weighted by molar-refractivity contribution is 0.0590. The first kappa shape index (κ1) is 38.2. The standard InChI is InChI=1S/C22H26N2O2.C21H24N2O3/c1-14(19-23-12-16(13-24-19)20(25)26-6)15-7-8-17-18(11-15)22(4,5)10-9-21(17,2)3;1-20(2)8-9-21(3,4)16-10-13(6-7-15(16)20)17(24)18-22-11-14(12-23-18)19(25)26-5/h7-8,11-13H,1,9-10H2,2-6H3;6-7,10-12H,8-9H2,1-5H3. The third-order valence-corrected chi connectivity index (χ3v) is 10.9. The molecule has 0 radical (unpaired) electrons. The van der Waals surface area contributed by atoms with Crippen LogP contribution < -0.4 is 0 Å². The van der Waals surface area contributed by atoms with Gasteiger partial charge in [-0.25, -0.2) is 29.5 Å². The van der Waals surface area contributed by atoms with Gasteiger partial charge in [0.15, 0.2) is 5.82 Å². The minimum Gasteiger partial charge on any atom is -0.465 e. The SMILES string of the molecule is C=C(c1ccc2c(c1)C(C)(C)CCC2(C)C)c1ncc(C(=O)OC)cn1.COC(=O)c1cnc(C(=O)c2ccc3c(c2)C(C)(C)CCC3(C)C)nc1. The molecular formula is C43H50N4O5. The summed E-state index contributed by atoms with van der Waals surface area (Å²) in [6.07, 6.45) is 10.1. The number of ether oxygens (including phenoxy) is 2. The molecule has 0 fully saturated rings. The van der Waals surface area contributed by atoms with E-state index in [1.54, 1.807) is 0 Å². The molecule has 0 saturated carbocycles. The van der Waals surface area contributed by atoms with Gasteiger partial charge in [-0.3, -0.25) is 4.79 Å². The van der Waals surface area contributed by atoms with E-state index in [4.69, 9.17) is 0 Å². The first-order valence-corrected chi connectivity index (χ1v) is 17.7. The van der Waals surface area contributed by atoms with Crippen LogP contribution >= 0.6 is 0 Å². The second-order valence-corrected chi connectivity index (χ2v) is 16.4. The second kappa shape index (κ2) is 14.2. The van der Waals surface area contributed by atoms with E-state index in [2.05, 4.69) is 116 Å². The van der Waals surface area contributed by atoms with Crippen molar-refractivity contribution >= 4 is 23.3 Å². The highest BCUT2D eigenvalue weighted by atomic mass is 16.5. The van der Waals surface area contributed by atoms with Crippen molar-refractivity contribution in [1.82, 2.24) is 19.9 Å². The van der Waals surface area contributed by atoms with E-state index in [9.17, 15) is 14.4 Å². The number of ketones is 1. The van der Waals surface area contributed by atoms with E-state index in [1.807, 2.05) is 12.1 Å². The minimum absolute atomic E-state index is 0.0245. The molecule has 2 aromatic carbocycles. The highest BCUT2D eigenvalue weighted by molar-refractivity contribution is 6.06. The number of carbonyl (C=O) groups excluding carboxylic acids is 3. The Bertz CT molecular complexity index is 1880. The predicted octanol–water partition coefficient (Wildman–Crippen LogP) is 8.52.